The largest absolute Gasteiger partial charge is 0.444 e. The molecule has 1 aliphatic carbocycles. The summed E-state index contributed by atoms with van der Waals surface area (Å²) in [5, 5.41) is 16.8. The lowest BCUT2D eigenvalue weighted by molar-refractivity contribution is -0.130. The Kier molecular flexibility index (Phi) is 10.3. The van der Waals surface area contributed by atoms with Crippen LogP contribution in [-0.2, 0) is 20.7 Å². The highest BCUT2D eigenvalue weighted by Gasteiger charge is 2.35. The molecule has 1 fully saturated rings. The molecule has 2 aromatic heterocycles. The minimum Gasteiger partial charge on any atom is -0.444 e. The number of H-pyrrole nitrogens is 3. The lowest BCUT2D eigenvalue weighted by Gasteiger charge is -2.32. The Balaban J connectivity index is 1.29. The molecule has 1 saturated carbocycles. The fraction of sp³-hybridized carbons (Fsp3) is 0.394. The van der Waals surface area contributed by atoms with Gasteiger partial charge in [-0.1, -0.05) is 24.3 Å². The van der Waals surface area contributed by atoms with Crippen molar-refractivity contribution in [2.24, 2.45) is 17.6 Å². The van der Waals surface area contributed by atoms with Gasteiger partial charge in [-0.25, -0.2) is 14.5 Å². The lowest BCUT2D eigenvalue weighted by Crippen LogP contribution is -2.50. The summed E-state index contributed by atoms with van der Waals surface area (Å²) in [6, 6.07) is 12.5. The molecule has 48 heavy (non-hydrogen) atoms. The highest BCUT2D eigenvalue weighted by Crippen LogP contribution is 2.32. The Morgan fingerprint density at radius 1 is 1.00 bits per heavy atom. The second-order valence-electron chi connectivity index (χ2n) is 12.9. The Morgan fingerprint density at radius 2 is 1.67 bits per heavy atom. The molecule has 6 N–H and O–H groups in total. The number of nitrogens with one attached hydrogen (secondary N) is 4. The number of alkyl carbamates (subject to hydrolysis) is 1. The van der Waals surface area contributed by atoms with Gasteiger partial charge in [0.25, 0.3) is 11.5 Å². The zero-order valence-corrected chi connectivity index (χ0v) is 27.0. The first-order chi connectivity index (χ1) is 22.9. The van der Waals surface area contributed by atoms with E-state index in [4.69, 9.17) is 10.5 Å². The van der Waals surface area contributed by atoms with Crippen LogP contribution in [0.1, 0.15) is 52.0 Å². The van der Waals surface area contributed by atoms with Crippen molar-refractivity contribution in [3.63, 3.8) is 0 Å². The van der Waals surface area contributed by atoms with Crippen molar-refractivity contribution in [3.05, 3.63) is 81.1 Å². The van der Waals surface area contributed by atoms with Gasteiger partial charge < -0.3 is 20.8 Å². The predicted octanol–water partition coefficient (Wildman–Crippen LogP) is 2.67. The number of nitrogens with two attached hydrogens (primary N) is 1. The molecule has 2 heterocycles. The summed E-state index contributed by atoms with van der Waals surface area (Å²) in [6.45, 7) is 5.85. The summed E-state index contributed by atoms with van der Waals surface area (Å²) < 4.78 is 5.33. The van der Waals surface area contributed by atoms with Gasteiger partial charge in [0.1, 0.15) is 5.60 Å². The first-order valence-corrected chi connectivity index (χ1v) is 15.7. The van der Waals surface area contributed by atoms with Crippen LogP contribution in [0.25, 0.3) is 22.5 Å². The summed E-state index contributed by atoms with van der Waals surface area (Å²) in [6.07, 6.45) is 3.48. The first-order valence-electron chi connectivity index (χ1n) is 15.7. The number of hydrogen-bond donors (Lipinski definition) is 5. The molecule has 0 aliphatic heterocycles. The number of nitrogens with zero attached hydrogens (tertiary/aromatic N) is 4. The molecular formula is C33H39N9O6. The number of imide groups is 1. The zero-order valence-electron chi connectivity index (χ0n) is 27.0. The number of benzene rings is 2. The van der Waals surface area contributed by atoms with Crippen LogP contribution < -0.4 is 27.2 Å². The van der Waals surface area contributed by atoms with Gasteiger partial charge in [-0.15, -0.1) is 10.2 Å². The average Bonchev–Trinajstić information content (AvgIpc) is 3.59. The van der Waals surface area contributed by atoms with Crippen molar-refractivity contribution < 1.29 is 19.1 Å². The number of ether oxygens (including phenoxy) is 1. The molecule has 0 spiro atoms. The number of aromatic amines is 3. The maximum Gasteiger partial charge on any atom is 0.407 e. The fourth-order valence-corrected chi connectivity index (χ4v) is 5.70. The van der Waals surface area contributed by atoms with E-state index in [9.17, 15) is 24.0 Å². The van der Waals surface area contributed by atoms with Crippen LogP contribution >= 0.6 is 0 Å². The zero-order chi connectivity index (χ0) is 34.4. The Labute approximate surface area is 275 Å². The molecule has 0 bridgehead atoms. The number of rotatable bonds is 9. The number of carbonyl (C=O) groups excluding carboxylic acids is 3. The second kappa shape index (κ2) is 14.5. The number of aromatic nitrogens is 6. The van der Waals surface area contributed by atoms with E-state index in [0.717, 1.165) is 5.56 Å². The fourth-order valence-electron chi connectivity index (χ4n) is 5.70. The quantitative estimate of drug-likeness (QED) is 0.177. The number of carbonyl (C=O) groups is 3. The molecule has 15 heteroatoms. The van der Waals surface area contributed by atoms with E-state index in [1.807, 2.05) is 0 Å². The van der Waals surface area contributed by atoms with E-state index in [2.05, 4.69) is 35.9 Å². The number of tetrazole rings is 1. The van der Waals surface area contributed by atoms with Gasteiger partial charge in [-0.2, -0.15) is 5.21 Å². The molecule has 5 rings (SSSR count). The normalized spacial score (nSPS) is 16.9. The van der Waals surface area contributed by atoms with Crippen molar-refractivity contribution in [3.8, 4) is 22.5 Å². The monoisotopic (exact) mass is 657 g/mol. The highest BCUT2D eigenvalue weighted by atomic mass is 16.6. The van der Waals surface area contributed by atoms with Crippen molar-refractivity contribution in [1.29, 1.82) is 0 Å². The summed E-state index contributed by atoms with van der Waals surface area (Å²) in [7, 11) is 0. The summed E-state index contributed by atoms with van der Waals surface area (Å²) in [4.78, 5) is 69.5. The minimum absolute atomic E-state index is 0.134. The third kappa shape index (κ3) is 8.47. The predicted molar refractivity (Wildman–Crippen MR) is 177 cm³/mol. The van der Waals surface area contributed by atoms with Crippen molar-refractivity contribution >= 4 is 23.6 Å². The van der Waals surface area contributed by atoms with Gasteiger partial charge in [-0.3, -0.25) is 19.4 Å². The van der Waals surface area contributed by atoms with E-state index in [-0.39, 0.29) is 23.8 Å². The molecule has 252 valence electrons. The van der Waals surface area contributed by atoms with Crippen LogP contribution in [0, 0.1) is 11.8 Å². The average molecular weight is 658 g/mol. The van der Waals surface area contributed by atoms with Crippen molar-refractivity contribution in [1.82, 2.24) is 35.9 Å². The lowest BCUT2D eigenvalue weighted by atomic mass is 9.81. The van der Waals surface area contributed by atoms with Gasteiger partial charge in [0.05, 0.1) is 17.3 Å². The maximum absolute atomic E-state index is 14.1. The first kappa shape index (κ1) is 33.9. The summed E-state index contributed by atoms with van der Waals surface area (Å²) in [5.74, 6) is -0.758. The van der Waals surface area contributed by atoms with Gasteiger partial charge >= 0.3 is 11.8 Å². The highest BCUT2D eigenvalue weighted by molar-refractivity contribution is 6.17. The van der Waals surface area contributed by atoms with Gasteiger partial charge in [-0.05, 0) is 99.4 Å². The van der Waals surface area contributed by atoms with Crippen LogP contribution in [0.15, 0.2) is 64.3 Å². The summed E-state index contributed by atoms with van der Waals surface area (Å²) >= 11 is 0. The van der Waals surface area contributed by atoms with Crippen LogP contribution in [0.4, 0.5) is 10.5 Å². The Bertz CT molecular complexity index is 1840. The minimum atomic E-state index is -1.05. The maximum atomic E-state index is 14.1. The second-order valence-corrected chi connectivity index (χ2v) is 12.9. The third-order valence-corrected chi connectivity index (χ3v) is 8.16. The molecule has 3 amide bonds. The molecule has 1 aliphatic rings. The van der Waals surface area contributed by atoms with Crippen LogP contribution in [0.5, 0.6) is 0 Å². The molecule has 0 saturated heterocycles. The smallest absolute Gasteiger partial charge is 0.407 e. The number of hydrogen-bond acceptors (Lipinski definition) is 10. The number of amides is 3. The molecular weight excluding hydrogens is 618 g/mol. The summed E-state index contributed by atoms with van der Waals surface area (Å²) in [5.41, 5.74) is 7.35. The van der Waals surface area contributed by atoms with E-state index >= 15 is 0 Å². The molecule has 1 atom stereocenters. The number of anilines is 1. The van der Waals surface area contributed by atoms with Crippen LogP contribution in [0.2, 0.25) is 0 Å². The molecule has 0 radical (unpaired) electrons. The standard InChI is InChI=1S/C33H39N9O6/c1-33(2,3)48-32(47)36-17-20-6-10-23(11-7-20)29(44)42(24-14-12-22(13-15-24)27-38-40-41-39-27)30(45)26(34)16-19-4-8-21(9-5-19)25-18-35-31(46)37-28(25)43/h4-5,8-9,12-15,18,20,23,26H,6-7,10-11,16-17,34H2,1-3H3,(H,36,47)(H2,35,37,43,46)(H,38,39,40,41)/t20?,23?,26-/m0/s1. The van der Waals surface area contributed by atoms with Crippen LogP contribution in [0.3, 0.4) is 0 Å². The molecule has 0 unspecified atom stereocenters. The SMILES string of the molecule is CC(C)(C)OC(=O)NCC1CCC(C(=O)N(C(=O)[C@@H](N)Cc2ccc(-c3c[nH]c(=O)[nH]c3=O)cc2)c2ccc(-c3nn[nH]n3)cc2)CC1. The van der Waals surface area contributed by atoms with E-state index in [0.29, 0.717) is 54.9 Å². The molecule has 2 aromatic carbocycles. The Hall–Kier alpha value is -5.44. The van der Waals surface area contributed by atoms with Crippen molar-refractivity contribution in [2.75, 3.05) is 11.4 Å². The molecule has 15 nitrogen and oxygen atoms in total. The van der Waals surface area contributed by atoms with Gasteiger partial charge in [0, 0.05) is 24.2 Å². The van der Waals surface area contributed by atoms with Gasteiger partial charge in [0.2, 0.25) is 11.7 Å². The Morgan fingerprint density at radius 3 is 2.27 bits per heavy atom. The topological polar surface area (TPSA) is 222 Å². The molecule has 4 aromatic rings. The van der Waals surface area contributed by atoms with E-state index in [1.165, 1.54) is 11.1 Å². The third-order valence-electron chi connectivity index (χ3n) is 8.16. The van der Waals surface area contributed by atoms with Crippen molar-refractivity contribution in [2.45, 2.75) is 64.5 Å². The van der Waals surface area contributed by atoms with Gasteiger partial charge in [0.15, 0.2) is 0 Å². The van der Waals surface area contributed by atoms with E-state index in [1.54, 1.807) is 69.3 Å². The van der Waals surface area contributed by atoms with E-state index < -0.39 is 40.8 Å². The van der Waals surface area contributed by atoms with Crippen LogP contribution in [-0.4, -0.2) is 66.7 Å².